The number of methoxy groups -OCH3 is 1. The van der Waals surface area contributed by atoms with Gasteiger partial charge in [0.05, 0.1) is 13.2 Å². The van der Waals surface area contributed by atoms with Crippen molar-refractivity contribution in [2.24, 2.45) is 5.73 Å². The van der Waals surface area contributed by atoms with Crippen molar-refractivity contribution in [1.82, 2.24) is 0 Å². The lowest BCUT2D eigenvalue weighted by Gasteiger charge is -2.19. The summed E-state index contributed by atoms with van der Waals surface area (Å²) < 4.78 is 5.27. The molecule has 0 aliphatic rings. The standard InChI is InChI=1S/C12H18ClNO2/c1-7-6-10(16-3)11(8(2)12(7)13)9(15)4-5-14/h6,9,15H,4-5,14H2,1-3H3. The number of nitrogens with two attached hydrogens (primary N) is 1. The quantitative estimate of drug-likeness (QED) is 0.854. The van der Waals surface area contributed by atoms with E-state index in [9.17, 15) is 5.11 Å². The van der Waals surface area contributed by atoms with E-state index in [4.69, 9.17) is 22.1 Å². The first-order chi connectivity index (χ1) is 7.52. The number of hydrogen-bond donors (Lipinski definition) is 2. The minimum Gasteiger partial charge on any atom is -0.496 e. The van der Waals surface area contributed by atoms with E-state index < -0.39 is 6.10 Å². The van der Waals surface area contributed by atoms with Crippen LogP contribution in [0, 0.1) is 13.8 Å². The molecular weight excluding hydrogens is 226 g/mol. The van der Waals surface area contributed by atoms with Gasteiger partial charge in [-0.1, -0.05) is 11.6 Å². The number of aliphatic hydroxyl groups is 1. The van der Waals surface area contributed by atoms with Crippen LogP contribution in [0.15, 0.2) is 6.07 Å². The number of benzene rings is 1. The van der Waals surface area contributed by atoms with Crippen molar-refractivity contribution in [2.75, 3.05) is 13.7 Å². The average Bonchev–Trinajstić information content (AvgIpc) is 2.25. The molecule has 1 rings (SSSR count). The fourth-order valence-corrected chi connectivity index (χ4v) is 1.98. The Hall–Kier alpha value is -0.770. The molecule has 1 aromatic carbocycles. The highest BCUT2D eigenvalue weighted by atomic mass is 35.5. The molecule has 0 bridgehead atoms. The van der Waals surface area contributed by atoms with E-state index in [1.807, 2.05) is 19.9 Å². The molecule has 0 spiro atoms. The zero-order valence-corrected chi connectivity index (χ0v) is 10.6. The van der Waals surface area contributed by atoms with Crippen LogP contribution in [0.4, 0.5) is 0 Å². The molecule has 16 heavy (non-hydrogen) atoms. The Morgan fingerprint density at radius 3 is 2.62 bits per heavy atom. The second-order valence-electron chi connectivity index (χ2n) is 3.84. The number of aliphatic hydroxyl groups excluding tert-OH is 1. The van der Waals surface area contributed by atoms with E-state index in [1.165, 1.54) is 0 Å². The molecule has 0 saturated heterocycles. The Morgan fingerprint density at radius 2 is 2.12 bits per heavy atom. The summed E-state index contributed by atoms with van der Waals surface area (Å²) in [4.78, 5) is 0. The van der Waals surface area contributed by atoms with Gasteiger partial charge in [0.15, 0.2) is 0 Å². The van der Waals surface area contributed by atoms with E-state index in [-0.39, 0.29) is 0 Å². The molecule has 0 aliphatic heterocycles. The highest BCUT2D eigenvalue weighted by Gasteiger charge is 2.18. The molecule has 0 heterocycles. The molecule has 90 valence electrons. The molecule has 1 aromatic rings. The first-order valence-electron chi connectivity index (χ1n) is 5.24. The molecule has 4 heteroatoms. The van der Waals surface area contributed by atoms with Gasteiger partial charge in [0.2, 0.25) is 0 Å². The summed E-state index contributed by atoms with van der Waals surface area (Å²) in [6.07, 6.45) is -0.130. The average molecular weight is 244 g/mol. The van der Waals surface area contributed by atoms with Crippen molar-refractivity contribution in [2.45, 2.75) is 26.4 Å². The molecule has 0 amide bonds. The van der Waals surface area contributed by atoms with Gasteiger partial charge in [-0.25, -0.2) is 0 Å². The lowest BCUT2D eigenvalue weighted by molar-refractivity contribution is 0.165. The number of ether oxygens (including phenoxy) is 1. The summed E-state index contributed by atoms with van der Waals surface area (Å²) >= 11 is 6.16. The van der Waals surface area contributed by atoms with Crippen molar-refractivity contribution < 1.29 is 9.84 Å². The molecule has 0 aliphatic carbocycles. The van der Waals surface area contributed by atoms with Crippen LogP contribution in [0.1, 0.15) is 29.2 Å². The third-order valence-electron chi connectivity index (χ3n) is 2.69. The first kappa shape index (κ1) is 13.3. The molecule has 0 fully saturated rings. The topological polar surface area (TPSA) is 55.5 Å². The first-order valence-corrected chi connectivity index (χ1v) is 5.62. The SMILES string of the molecule is COc1cc(C)c(Cl)c(C)c1C(O)CCN. The number of halogens is 1. The van der Waals surface area contributed by atoms with Crippen LogP contribution in [-0.2, 0) is 0 Å². The molecule has 3 nitrogen and oxygen atoms in total. The summed E-state index contributed by atoms with van der Waals surface area (Å²) in [6, 6.07) is 1.84. The highest BCUT2D eigenvalue weighted by Crippen LogP contribution is 2.36. The number of hydrogen-bond acceptors (Lipinski definition) is 3. The van der Waals surface area contributed by atoms with E-state index in [0.717, 1.165) is 16.7 Å². The molecule has 0 radical (unpaired) electrons. The van der Waals surface area contributed by atoms with Crippen LogP contribution < -0.4 is 10.5 Å². The van der Waals surface area contributed by atoms with E-state index in [1.54, 1.807) is 7.11 Å². The van der Waals surface area contributed by atoms with Gasteiger partial charge in [-0.15, -0.1) is 0 Å². The van der Waals surface area contributed by atoms with Gasteiger partial charge in [0.1, 0.15) is 5.75 Å². The summed E-state index contributed by atoms with van der Waals surface area (Å²) in [5.41, 5.74) is 7.99. The van der Waals surface area contributed by atoms with Gasteiger partial charge in [-0.2, -0.15) is 0 Å². The molecular formula is C12H18ClNO2. The van der Waals surface area contributed by atoms with Crippen LogP contribution >= 0.6 is 11.6 Å². The Labute approximate surface area is 101 Å². The maximum Gasteiger partial charge on any atom is 0.125 e. The summed E-state index contributed by atoms with van der Waals surface area (Å²) in [5, 5.41) is 10.7. The minimum atomic E-state index is -0.627. The lowest BCUT2D eigenvalue weighted by Crippen LogP contribution is -2.10. The highest BCUT2D eigenvalue weighted by molar-refractivity contribution is 6.32. The Bertz CT molecular complexity index is 380. The maximum atomic E-state index is 10.0. The Balaban J connectivity index is 3.29. The van der Waals surface area contributed by atoms with Gasteiger partial charge in [-0.3, -0.25) is 0 Å². The Morgan fingerprint density at radius 1 is 1.50 bits per heavy atom. The molecule has 1 atom stereocenters. The zero-order chi connectivity index (χ0) is 12.3. The molecule has 0 aromatic heterocycles. The molecule has 3 N–H and O–H groups in total. The fourth-order valence-electron chi connectivity index (χ4n) is 1.82. The lowest BCUT2D eigenvalue weighted by atomic mass is 9.97. The summed E-state index contributed by atoms with van der Waals surface area (Å²) in [5.74, 6) is 0.667. The monoisotopic (exact) mass is 243 g/mol. The summed E-state index contributed by atoms with van der Waals surface area (Å²) in [7, 11) is 1.58. The van der Waals surface area contributed by atoms with Crippen LogP contribution in [0.25, 0.3) is 0 Å². The largest absolute Gasteiger partial charge is 0.496 e. The molecule has 0 saturated carbocycles. The van der Waals surface area contributed by atoms with Gasteiger partial charge < -0.3 is 15.6 Å². The predicted octanol–water partition coefficient (Wildman–Crippen LogP) is 2.35. The van der Waals surface area contributed by atoms with Gasteiger partial charge in [0, 0.05) is 10.6 Å². The van der Waals surface area contributed by atoms with Crippen LogP contribution in [-0.4, -0.2) is 18.8 Å². The predicted molar refractivity (Wildman–Crippen MR) is 66.1 cm³/mol. The van der Waals surface area contributed by atoms with Gasteiger partial charge in [-0.05, 0) is 44.0 Å². The van der Waals surface area contributed by atoms with E-state index >= 15 is 0 Å². The van der Waals surface area contributed by atoms with Crippen LogP contribution in [0.5, 0.6) is 5.75 Å². The Kier molecular flexibility index (Phi) is 4.59. The summed E-state index contributed by atoms with van der Waals surface area (Å²) in [6.45, 7) is 4.22. The van der Waals surface area contributed by atoms with Crippen molar-refractivity contribution >= 4 is 11.6 Å². The van der Waals surface area contributed by atoms with Gasteiger partial charge >= 0.3 is 0 Å². The zero-order valence-electron chi connectivity index (χ0n) is 9.88. The van der Waals surface area contributed by atoms with Crippen LogP contribution in [0.2, 0.25) is 5.02 Å². The van der Waals surface area contributed by atoms with Crippen LogP contribution in [0.3, 0.4) is 0 Å². The second-order valence-corrected chi connectivity index (χ2v) is 4.22. The number of rotatable bonds is 4. The van der Waals surface area contributed by atoms with Crippen molar-refractivity contribution in [1.29, 1.82) is 0 Å². The van der Waals surface area contributed by atoms with E-state index in [2.05, 4.69) is 0 Å². The maximum absolute atomic E-state index is 10.0. The number of aryl methyl sites for hydroxylation is 1. The minimum absolute atomic E-state index is 0.426. The normalized spacial score (nSPS) is 12.6. The third-order valence-corrected chi connectivity index (χ3v) is 3.27. The van der Waals surface area contributed by atoms with E-state index in [0.29, 0.717) is 23.7 Å². The smallest absolute Gasteiger partial charge is 0.125 e. The van der Waals surface area contributed by atoms with Crippen molar-refractivity contribution in [3.63, 3.8) is 0 Å². The van der Waals surface area contributed by atoms with Gasteiger partial charge in [0.25, 0.3) is 0 Å². The van der Waals surface area contributed by atoms with Crippen molar-refractivity contribution in [3.8, 4) is 5.75 Å². The third kappa shape index (κ3) is 2.48. The second kappa shape index (κ2) is 5.53. The molecule has 1 unspecified atom stereocenters. The fraction of sp³-hybridized carbons (Fsp3) is 0.500. The van der Waals surface area contributed by atoms with Crippen molar-refractivity contribution in [3.05, 3.63) is 27.8 Å².